The van der Waals surface area contributed by atoms with Crippen molar-refractivity contribution in [3.63, 3.8) is 0 Å². The van der Waals surface area contributed by atoms with Crippen molar-refractivity contribution in [1.29, 1.82) is 0 Å². The number of halogens is 2. The number of methoxy groups -OCH3 is 3. The maximum Gasteiger partial charge on any atom is 0.255 e. The second-order valence-corrected chi connectivity index (χ2v) is 44.9. The van der Waals surface area contributed by atoms with Crippen molar-refractivity contribution in [3.05, 3.63) is 220 Å². The molecule has 9 saturated carbocycles. The molecule has 149 heavy (non-hydrogen) atoms. The van der Waals surface area contributed by atoms with Gasteiger partial charge < -0.3 is 91.1 Å². The van der Waals surface area contributed by atoms with Crippen molar-refractivity contribution in [2.45, 2.75) is 227 Å². The van der Waals surface area contributed by atoms with Crippen molar-refractivity contribution < 1.29 is 106 Å². The number of fused-ring (bicyclic) bond motifs is 7. The van der Waals surface area contributed by atoms with Gasteiger partial charge in [0.05, 0.1) is 95.8 Å². The zero-order chi connectivity index (χ0) is 107. The predicted molar refractivity (Wildman–Crippen MR) is 560 cm³/mol. The van der Waals surface area contributed by atoms with Gasteiger partial charge in [0.1, 0.15) is 65.3 Å². The molecule has 0 spiro atoms. The lowest BCUT2D eigenvalue weighted by molar-refractivity contribution is -0.183. The third kappa shape index (κ3) is 23.0. The zero-order valence-electron chi connectivity index (χ0n) is 88.8. The van der Waals surface area contributed by atoms with Crippen LogP contribution in [0.5, 0.6) is 28.7 Å². The van der Waals surface area contributed by atoms with Crippen LogP contribution in [0.1, 0.15) is 181 Å². The van der Waals surface area contributed by atoms with Crippen LogP contribution in [0.15, 0.2) is 164 Å². The van der Waals surface area contributed by atoms with Crippen LogP contribution in [0.25, 0.3) is 33.4 Å². The summed E-state index contributed by atoms with van der Waals surface area (Å²) in [5.74, 6) is 1.39. The Morgan fingerprint density at radius 3 is 1.07 bits per heavy atom. The average Bonchev–Trinajstić information content (AvgIpc) is 1.39. The molecule has 0 unspecified atom stereocenters. The molecule has 0 radical (unpaired) electrons. The number of carbonyl (C=O) groups is 6. The number of para-hydroxylation sites is 3. The van der Waals surface area contributed by atoms with E-state index in [1.807, 2.05) is 140 Å². The van der Waals surface area contributed by atoms with Crippen molar-refractivity contribution >= 4 is 35.4 Å². The number of amides is 6. The van der Waals surface area contributed by atoms with Crippen molar-refractivity contribution in [3.8, 4) is 62.1 Å². The van der Waals surface area contributed by atoms with E-state index in [1.165, 1.54) is 57.7 Å². The minimum Gasteiger partial charge on any atom is -0.496 e. The first-order valence-corrected chi connectivity index (χ1v) is 52.9. The van der Waals surface area contributed by atoms with Crippen LogP contribution in [-0.4, -0.2) is 247 Å². The second kappa shape index (κ2) is 47.0. The van der Waals surface area contributed by atoms with Crippen LogP contribution in [0, 0.1) is 98.9 Å². The molecular formula is C117H152F2N10O20. The number of rotatable bonds is 36. The van der Waals surface area contributed by atoms with Crippen molar-refractivity contribution in [2.75, 3.05) is 88.2 Å². The van der Waals surface area contributed by atoms with Gasteiger partial charge in [-0.1, -0.05) is 190 Å². The monoisotopic (exact) mass is 2060 g/mol. The summed E-state index contributed by atoms with van der Waals surface area (Å²) < 4.78 is 59.0. The first-order valence-electron chi connectivity index (χ1n) is 52.9. The van der Waals surface area contributed by atoms with Crippen LogP contribution in [-0.2, 0) is 61.4 Å². The largest absolute Gasteiger partial charge is 0.496 e. The van der Waals surface area contributed by atoms with E-state index in [4.69, 9.17) is 38.2 Å². The molecule has 32 heteroatoms. The predicted octanol–water partition coefficient (Wildman–Crippen LogP) is 13.3. The normalized spacial score (nSPS) is 28.1. The van der Waals surface area contributed by atoms with Crippen LogP contribution in [0.2, 0.25) is 0 Å². The summed E-state index contributed by atoms with van der Waals surface area (Å²) in [6.07, 6.45) is 2.55. The lowest BCUT2D eigenvalue weighted by Gasteiger charge is -2.62. The van der Waals surface area contributed by atoms with Crippen LogP contribution in [0.3, 0.4) is 0 Å². The van der Waals surface area contributed by atoms with E-state index in [9.17, 15) is 68.2 Å². The summed E-state index contributed by atoms with van der Waals surface area (Å²) >= 11 is 0. The van der Waals surface area contributed by atoms with E-state index in [-0.39, 0.29) is 115 Å². The van der Waals surface area contributed by atoms with Gasteiger partial charge >= 0.3 is 0 Å². The number of hydroxylamine groups is 6. The average molecular weight is 2060 g/mol. The summed E-state index contributed by atoms with van der Waals surface area (Å²) in [6, 6.07) is 46.3. The fourth-order valence-corrected chi connectivity index (χ4v) is 26.2. The van der Waals surface area contributed by atoms with Crippen LogP contribution < -0.4 is 55.6 Å². The third-order valence-corrected chi connectivity index (χ3v) is 35.1. The fraction of sp³-hybridized carbons (Fsp3) is 0.538. The first-order chi connectivity index (χ1) is 71.2. The molecule has 8 aromatic rings. The van der Waals surface area contributed by atoms with Gasteiger partial charge in [0.15, 0.2) is 11.5 Å². The minimum absolute atomic E-state index is 0.00515. The smallest absolute Gasteiger partial charge is 0.255 e. The molecular weight excluding hydrogens is 1900 g/mol. The molecule has 24 atom stereocenters. The summed E-state index contributed by atoms with van der Waals surface area (Å²) in [6.45, 7) is 26.6. The molecule has 4 heterocycles. The van der Waals surface area contributed by atoms with Gasteiger partial charge in [-0.25, -0.2) is 8.78 Å². The van der Waals surface area contributed by atoms with Gasteiger partial charge in [-0.15, -0.1) is 0 Å². The number of carbonyl (C=O) groups excluding carboxylic acids is 6. The molecule has 9 aliphatic carbocycles. The van der Waals surface area contributed by atoms with Crippen molar-refractivity contribution in [1.82, 2.24) is 52.0 Å². The first kappa shape index (κ1) is 111. The number of nitrogens with zero attached hydrogens (tertiary/aromatic N) is 4. The standard InChI is InChI=1S/C41H51N3O8.C40H50FN3O6.C36H51FN4O6/c1-23-31-18-28(41(31,3)4)19-32(23)43-40(48)36-35(24(2)46)34(21-45)52-44(36)20-26-12-9-13-29(37(26)49-5)27-16-30(38-33(17-27)50-22-51-38)39(47)42-15-14-25-10-7-6-8-11-25;1-23-31-19-28(40(31,3)4)20-33(23)43-39(48)36-35(24(2)46)34(22-45)50-44(36)21-27-12-9-13-29(37(27)49-5)26-14-15-32(41)30(18-26)38(47)42-17-16-25-10-7-6-8-11-25;1-20-27-16-24(36(27,3)4)17-29(20)39-35(45)32-31(21(2)43)30(19-42)47-41(32)18-23-9-8-10-25(33(23)46-7)22-11-12-28(37)26(15-22)34(44)38-13-14-40(5)6/h6-13,16-17,23-24,28,31-32,34-36,45-46H,14-15,18-22H2,1-5H3,(H,42,47)(H,43,48);6-15,18,23-24,28,31,33-36,45-46H,16-17,19-22H2,1-5H3,(H,42,47)(H,43,48);8-12,15,20-21,24,27,29-32,42-43H,13-14,16-19H2,1-7H3,(H,38,44)(H,39,45)/t23-,24-,28+,31-,32-,34-,35-,36-;23-,24-,28+,31-,33-,34-,35-,36-;20-,21-,24+,27-,29-,30-,31+,32-/m000/s1. The molecule has 13 aliphatic rings. The van der Waals surface area contributed by atoms with E-state index >= 15 is 0 Å². The molecule has 6 amide bonds. The number of benzene rings is 8. The quantitative estimate of drug-likeness (QED) is 0.0173. The Balaban J connectivity index is 0.000000160. The Morgan fingerprint density at radius 2 is 0.752 bits per heavy atom. The van der Waals surface area contributed by atoms with Gasteiger partial charge in [0.2, 0.25) is 24.5 Å². The third-order valence-electron chi connectivity index (χ3n) is 35.1. The number of hydrogen-bond acceptors (Lipinski definition) is 24. The Labute approximate surface area is 873 Å². The van der Waals surface area contributed by atoms with E-state index in [1.54, 1.807) is 61.3 Å². The highest BCUT2D eigenvalue weighted by Gasteiger charge is 2.62. The van der Waals surface area contributed by atoms with Crippen LogP contribution >= 0.6 is 0 Å². The Kier molecular flexibility index (Phi) is 34.9. The number of aliphatic hydroxyl groups excluding tert-OH is 6. The maximum absolute atomic E-state index is 15.0. The van der Waals surface area contributed by atoms with Gasteiger partial charge in [0.25, 0.3) is 17.7 Å². The Hall–Kier alpha value is -11.1. The molecule has 0 aromatic heterocycles. The summed E-state index contributed by atoms with van der Waals surface area (Å²) in [4.78, 5) is 102. The SMILES string of the molecule is COc1c(CN2O[C@@H](CO)[C@@H]([C@H](C)O)[C@H]2C(=O)N[C@H]2C[C@H]3C[C@@H]([C@@H]2C)C3(C)C)cccc1-c1ccc(F)c(C(=O)NCCN(C)C)c1.COc1c(CN2O[C@@H](CO)[C@H]([C@H](C)O)[C@H]2C(=O)N[C@H]2C[C@H]3C[C@@H]([C@@H]2C)C3(C)C)cccc1-c1cc2c(c(C(=O)NCCc3ccccc3)c1)OCO2.COc1c(CN2O[C@@H](CO)[C@H]([C@H](C)O)[C@H]2C(=O)N[C@H]2C[C@H]3C[C@@H]([C@@H]2C)C3(C)C)cccc1-c1ccc(F)c(C(=O)NCCc2ccccc2)c1. The van der Waals surface area contributed by atoms with E-state index in [2.05, 4.69) is 94.2 Å². The molecule has 3 saturated heterocycles. The van der Waals surface area contributed by atoms with E-state index < -0.39 is 96.0 Å². The molecule has 6 bridgehead atoms. The van der Waals surface area contributed by atoms with Crippen LogP contribution in [0.4, 0.5) is 8.78 Å². The fourth-order valence-electron chi connectivity index (χ4n) is 26.2. The van der Waals surface area contributed by atoms with Crippen molar-refractivity contribution in [2.24, 2.45) is 87.3 Å². The molecule has 30 nitrogen and oxygen atoms in total. The summed E-state index contributed by atoms with van der Waals surface area (Å²) in [5, 5.41) is 86.6. The van der Waals surface area contributed by atoms with Gasteiger partial charge in [-0.2, -0.15) is 15.2 Å². The highest BCUT2D eigenvalue weighted by Crippen LogP contribution is 2.64. The topological polar surface area (TPSA) is 383 Å². The Bertz CT molecular complexity index is 6050. The molecule has 804 valence electrons. The lowest BCUT2D eigenvalue weighted by atomic mass is 9.45. The zero-order valence-corrected chi connectivity index (χ0v) is 88.8. The Morgan fingerprint density at radius 1 is 0.423 bits per heavy atom. The van der Waals surface area contributed by atoms with Gasteiger partial charge in [-0.05, 0) is 220 Å². The molecule has 12 fully saturated rings. The lowest BCUT2D eigenvalue weighted by Crippen LogP contribution is -2.62. The highest BCUT2D eigenvalue weighted by atomic mass is 19.1. The minimum atomic E-state index is -0.922. The molecule has 4 aliphatic heterocycles. The maximum atomic E-state index is 15.0. The van der Waals surface area contributed by atoms with E-state index in [0.717, 1.165) is 36.0 Å². The molecule has 8 aromatic carbocycles. The second-order valence-electron chi connectivity index (χ2n) is 44.9. The van der Waals surface area contributed by atoms with E-state index in [0.29, 0.717) is 171 Å². The van der Waals surface area contributed by atoms with Gasteiger partial charge in [0, 0.05) is 95.4 Å². The highest BCUT2D eigenvalue weighted by molar-refractivity contribution is 6.00. The molecule has 21 rings (SSSR count). The summed E-state index contributed by atoms with van der Waals surface area (Å²) in [7, 11) is 8.42. The number of ether oxygens (including phenoxy) is 5. The number of nitrogens with one attached hydrogen (secondary N) is 6. The number of likely N-dealkylation sites (N-methyl/N-ethyl adjacent to an activating group) is 1. The summed E-state index contributed by atoms with van der Waals surface area (Å²) in [5.41, 5.74) is 9.14. The van der Waals surface area contributed by atoms with Gasteiger partial charge in [-0.3, -0.25) is 43.3 Å². The number of aliphatic hydroxyl groups is 6. The molecule has 12 N–H and O–H groups in total. The number of hydrogen-bond donors (Lipinski definition) is 12.